The van der Waals surface area contributed by atoms with E-state index in [1.54, 1.807) is 0 Å². The SMILES string of the molecule is CCCn1nnnc1COc1cc(C(F)(F)F)cc(C(F)(F)F)c1. The van der Waals surface area contributed by atoms with E-state index in [0.717, 1.165) is 0 Å². The molecule has 1 heterocycles. The Kier molecular flexibility index (Phi) is 4.99. The Bertz CT molecular complexity index is 662. The van der Waals surface area contributed by atoms with E-state index in [4.69, 9.17) is 4.74 Å². The van der Waals surface area contributed by atoms with Gasteiger partial charge in [-0.2, -0.15) is 26.3 Å². The van der Waals surface area contributed by atoms with Crippen molar-refractivity contribution in [3.63, 3.8) is 0 Å². The molecule has 0 N–H and O–H groups in total. The molecule has 0 unspecified atom stereocenters. The molecule has 0 aliphatic rings. The van der Waals surface area contributed by atoms with Crippen LogP contribution in [0.4, 0.5) is 26.3 Å². The van der Waals surface area contributed by atoms with Gasteiger partial charge in [0.25, 0.3) is 0 Å². The van der Waals surface area contributed by atoms with E-state index in [1.807, 2.05) is 6.92 Å². The molecule has 0 saturated heterocycles. The summed E-state index contributed by atoms with van der Waals surface area (Å²) in [5.41, 5.74) is -2.89. The highest BCUT2D eigenvalue weighted by Gasteiger charge is 2.37. The molecule has 0 spiro atoms. The first-order chi connectivity index (χ1) is 11.1. The molecule has 0 radical (unpaired) electrons. The number of rotatable bonds is 5. The number of aryl methyl sites for hydroxylation is 1. The lowest BCUT2D eigenvalue weighted by Gasteiger charge is -2.14. The van der Waals surface area contributed by atoms with Crippen LogP contribution in [0.5, 0.6) is 5.75 Å². The van der Waals surface area contributed by atoms with Crippen molar-refractivity contribution >= 4 is 0 Å². The molecular weight excluding hydrogens is 342 g/mol. The molecule has 11 heteroatoms. The number of aromatic nitrogens is 4. The van der Waals surface area contributed by atoms with E-state index in [9.17, 15) is 26.3 Å². The molecule has 2 rings (SSSR count). The molecule has 0 atom stereocenters. The predicted molar refractivity (Wildman–Crippen MR) is 68.9 cm³/mol. The zero-order valence-corrected chi connectivity index (χ0v) is 12.3. The molecule has 0 aliphatic carbocycles. The number of hydrogen-bond acceptors (Lipinski definition) is 4. The van der Waals surface area contributed by atoms with Crippen LogP contribution in [-0.4, -0.2) is 20.2 Å². The zero-order valence-electron chi connectivity index (χ0n) is 12.3. The smallest absolute Gasteiger partial charge is 0.416 e. The summed E-state index contributed by atoms with van der Waals surface area (Å²) in [6.07, 6.45) is -9.16. The van der Waals surface area contributed by atoms with Crippen LogP contribution in [0.3, 0.4) is 0 Å². The van der Waals surface area contributed by atoms with Crippen molar-refractivity contribution in [3.8, 4) is 5.75 Å². The minimum Gasteiger partial charge on any atom is -0.486 e. The maximum Gasteiger partial charge on any atom is 0.416 e. The first-order valence-corrected chi connectivity index (χ1v) is 6.78. The summed E-state index contributed by atoms with van der Waals surface area (Å²) in [4.78, 5) is 0. The standard InChI is InChI=1S/C13H12F6N4O/c1-2-3-23-11(20-21-22-23)7-24-10-5-8(12(14,15)16)4-9(6-10)13(17,18)19/h4-6H,2-3,7H2,1H3. The molecule has 0 fully saturated rings. The van der Waals surface area contributed by atoms with Crippen LogP contribution in [0.25, 0.3) is 0 Å². The molecule has 132 valence electrons. The van der Waals surface area contributed by atoms with Gasteiger partial charge in [0.15, 0.2) is 5.82 Å². The van der Waals surface area contributed by atoms with E-state index in [0.29, 0.717) is 25.1 Å². The molecule has 2 aromatic rings. The van der Waals surface area contributed by atoms with Crippen molar-refractivity contribution in [1.29, 1.82) is 0 Å². The van der Waals surface area contributed by atoms with Crippen molar-refractivity contribution in [2.24, 2.45) is 0 Å². The molecule has 24 heavy (non-hydrogen) atoms. The molecule has 0 amide bonds. The summed E-state index contributed by atoms with van der Waals surface area (Å²) in [5, 5.41) is 10.7. The van der Waals surface area contributed by atoms with Gasteiger partial charge in [-0.15, -0.1) is 5.10 Å². The van der Waals surface area contributed by atoms with E-state index >= 15 is 0 Å². The van der Waals surface area contributed by atoms with Crippen molar-refractivity contribution < 1.29 is 31.1 Å². The molecular formula is C13H12F6N4O. The first-order valence-electron chi connectivity index (χ1n) is 6.78. The summed E-state index contributed by atoms with van der Waals surface area (Å²) in [5.74, 6) is -0.369. The first kappa shape index (κ1) is 18.0. The lowest BCUT2D eigenvalue weighted by atomic mass is 10.1. The highest BCUT2D eigenvalue weighted by molar-refractivity contribution is 5.37. The van der Waals surface area contributed by atoms with Gasteiger partial charge in [0, 0.05) is 6.54 Å². The van der Waals surface area contributed by atoms with Crippen LogP contribution in [0.15, 0.2) is 18.2 Å². The fraction of sp³-hybridized carbons (Fsp3) is 0.462. The van der Waals surface area contributed by atoms with Crippen LogP contribution >= 0.6 is 0 Å². The second-order valence-corrected chi connectivity index (χ2v) is 4.85. The fourth-order valence-electron chi connectivity index (χ4n) is 1.87. The van der Waals surface area contributed by atoms with E-state index in [1.165, 1.54) is 4.68 Å². The van der Waals surface area contributed by atoms with E-state index < -0.39 is 29.2 Å². The molecule has 0 aliphatic heterocycles. The summed E-state index contributed by atoms with van der Waals surface area (Å²) >= 11 is 0. The van der Waals surface area contributed by atoms with Gasteiger partial charge in [-0.25, -0.2) is 4.68 Å². The van der Waals surface area contributed by atoms with Gasteiger partial charge < -0.3 is 4.74 Å². The number of nitrogens with zero attached hydrogens (tertiary/aromatic N) is 4. The van der Waals surface area contributed by atoms with Gasteiger partial charge in [0.05, 0.1) is 11.1 Å². The normalized spacial score (nSPS) is 12.5. The number of alkyl halides is 6. The maximum absolute atomic E-state index is 12.8. The Hall–Kier alpha value is -2.33. The molecule has 1 aromatic carbocycles. The van der Waals surface area contributed by atoms with Crippen LogP contribution < -0.4 is 4.74 Å². The topological polar surface area (TPSA) is 52.8 Å². The average Bonchev–Trinajstić information content (AvgIpc) is 2.91. The van der Waals surface area contributed by atoms with Crippen molar-refractivity contribution in [2.75, 3.05) is 0 Å². The van der Waals surface area contributed by atoms with Crippen molar-refractivity contribution in [1.82, 2.24) is 20.2 Å². The number of benzene rings is 1. The zero-order chi connectivity index (χ0) is 18.0. The third-order valence-corrected chi connectivity index (χ3v) is 2.97. The number of tetrazole rings is 1. The van der Waals surface area contributed by atoms with Gasteiger partial charge >= 0.3 is 12.4 Å². The van der Waals surface area contributed by atoms with Gasteiger partial charge in [-0.3, -0.25) is 0 Å². The monoisotopic (exact) mass is 354 g/mol. The van der Waals surface area contributed by atoms with Crippen molar-refractivity contribution in [2.45, 2.75) is 38.8 Å². The van der Waals surface area contributed by atoms with Gasteiger partial charge in [0.2, 0.25) is 0 Å². The Labute approximate surface area is 132 Å². The molecule has 1 aromatic heterocycles. The second-order valence-electron chi connectivity index (χ2n) is 4.85. The lowest BCUT2D eigenvalue weighted by Crippen LogP contribution is -2.12. The lowest BCUT2D eigenvalue weighted by molar-refractivity contribution is -0.143. The Morgan fingerprint density at radius 3 is 2.08 bits per heavy atom. The summed E-state index contributed by atoms with van der Waals surface area (Å²) in [6, 6.07) is 1.04. The third kappa shape index (κ3) is 4.36. The van der Waals surface area contributed by atoms with Crippen LogP contribution in [0.2, 0.25) is 0 Å². The van der Waals surface area contributed by atoms with E-state index in [-0.39, 0.29) is 18.5 Å². The minimum absolute atomic E-state index is 0.0357. The second kappa shape index (κ2) is 6.65. The number of halogens is 6. The maximum atomic E-state index is 12.8. The van der Waals surface area contributed by atoms with Gasteiger partial charge in [0.1, 0.15) is 12.4 Å². The van der Waals surface area contributed by atoms with Gasteiger partial charge in [-0.05, 0) is 35.0 Å². The summed E-state index contributed by atoms with van der Waals surface area (Å²) in [6.45, 7) is 1.95. The fourth-order valence-corrected chi connectivity index (χ4v) is 1.87. The quantitative estimate of drug-likeness (QED) is 0.769. The largest absolute Gasteiger partial charge is 0.486 e. The van der Waals surface area contributed by atoms with E-state index in [2.05, 4.69) is 15.5 Å². The highest BCUT2D eigenvalue weighted by Crippen LogP contribution is 2.38. The molecule has 5 nitrogen and oxygen atoms in total. The predicted octanol–water partition coefficient (Wildman–Crippen LogP) is 3.70. The number of hydrogen-bond donors (Lipinski definition) is 0. The summed E-state index contributed by atoms with van der Waals surface area (Å²) in [7, 11) is 0. The molecule has 0 saturated carbocycles. The van der Waals surface area contributed by atoms with Gasteiger partial charge in [-0.1, -0.05) is 6.92 Å². The van der Waals surface area contributed by atoms with Crippen LogP contribution in [0, 0.1) is 0 Å². The third-order valence-electron chi connectivity index (χ3n) is 2.97. The van der Waals surface area contributed by atoms with Crippen LogP contribution in [0.1, 0.15) is 30.3 Å². The average molecular weight is 354 g/mol. The number of ether oxygens (including phenoxy) is 1. The summed E-state index contributed by atoms with van der Waals surface area (Å²) < 4.78 is 82.9. The van der Waals surface area contributed by atoms with Crippen LogP contribution in [-0.2, 0) is 25.5 Å². The Balaban J connectivity index is 2.27. The van der Waals surface area contributed by atoms with Crippen molar-refractivity contribution in [3.05, 3.63) is 35.2 Å². The Morgan fingerprint density at radius 2 is 1.58 bits per heavy atom. The minimum atomic E-state index is -4.93. The molecule has 0 bridgehead atoms. The highest BCUT2D eigenvalue weighted by atomic mass is 19.4. The Morgan fingerprint density at radius 1 is 1.00 bits per heavy atom.